The summed E-state index contributed by atoms with van der Waals surface area (Å²) in [4.78, 5) is 62.5. The minimum atomic E-state index is -1.12. The van der Waals surface area contributed by atoms with Gasteiger partial charge in [0.1, 0.15) is 41.2 Å². The SMILES string of the molecule is CCCC(NC(=O)Cc1cc(F)cc(F)c1)C(=O)Nc1ccc(C=CC(=O)OC)cn1.CCCC(NC(=O)Cc1cc(F)cc(F)c1)C(=O)O. The Morgan fingerprint density at radius 3 is 1.68 bits per heavy atom. The number of carboxylic acids is 1. The Kier molecular flexibility index (Phi) is 16.8. The average molecular weight is 703 g/mol. The Morgan fingerprint density at radius 2 is 1.26 bits per heavy atom. The fraction of sp³-hybridized carbons (Fsp3) is 0.314. The number of carbonyl (C=O) groups excluding carboxylic acids is 4. The van der Waals surface area contributed by atoms with E-state index in [1.807, 2.05) is 6.92 Å². The molecule has 15 heteroatoms. The number of anilines is 1. The van der Waals surface area contributed by atoms with Crippen molar-refractivity contribution < 1.29 is 51.4 Å². The predicted molar refractivity (Wildman–Crippen MR) is 175 cm³/mol. The van der Waals surface area contributed by atoms with E-state index in [1.165, 1.54) is 25.5 Å². The Morgan fingerprint density at radius 1 is 0.780 bits per heavy atom. The molecule has 1 heterocycles. The normalized spacial score (nSPS) is 11.8. The van der Waals surface area contributed by atoms with E-state index in [2.05, 4.69) is 25.7 Å². The van der Waals surface area contributed by atoms with Gasteiger partial charge in [0.15, 0.2) is 0 Å². The highest BCUT2D eigenvalue weighted by Crippen LogP contribution is 2.12. The van der Waals surface area contributed by atoms with Crippen molar-refractivity contribution in [1.29, 1.82) is 0 Å². The van der Waals surface area contributed by atoms with E-state index in [4.69, 9.17) is 5.11 Å². The summed E-state index contributed by atoms with van der Waals surface area (Å²) in [5.74, 6) is -6.04. The van der Waals surface area contributed by atoms with Crippen LogP contribution in [-0.4, -0.2) is 58.9 Å². The summed E-state index contributed by atoms with van der Waals surface area (Å²) in [5, 5.41) is 16.4. The Hall–Kier alpha value is -5.60. The molecule has 11 nitrogen and oxygen atoms in total. The number of nitrogens with zero attached hydrogens (tertiary/aromatic N) is 1. The van der Waals surface area contributed by atoms with Crippen LogP contribution < -0.4 is 16.0 Å². The fourth-order valence-corrected chi connectivity index (χ4v) is 4.41. The summed E-state index contributed by atoms with van der Waals surface area (Å²) in [7, 11) is 1.27. The first-order valence-corrected chi connectivity index (χ1v) is 15.5. The van der Waals surface area contributed by atoms with Crippen molar-refractivity contribution in [1.82, 2.24) is 15.6 Å². The molecule has 3 aromatic rings. The zero-order chi connectivity index (χ0) is 37.2. The van der Waals surface area contributed by atoms with Gasteiger partial charge in [-0.3, -0.25) is 14.4 Å². The van der Waals surface area contributed by atoms with Crippen molar-refractivity contribution in [3.63, 3.8) is 0 Å². The molecular weight excluding hydrogens is 664 g/mol. The lowest BCUT2D eigenvalue weighted by Gasteiger charge is -2.17. The van der Waals surface area contributed by atoms with Gasteiger partial charge in [0.2, 0.25) is 17.7 Å². The molecule has 4 N–H and O–H groups in total. The number of carboxylic acid groups (broad SMARTS) is 1. The number of esters is 1. The van der Waals surface area contributed by atoms with E-state index in [-0.39, 0.29) is 29.8 Å². The maximum atomic E-state index is 13.3. The summed E-state index contributed by atoms with van der Waals surface area (Å²) in [5.41, 5.74) is 0.961. The second kappa shape index (κ2) is 20.7. The molecule has 0 saturated carbocycles. The molecule has 50 heavy (non-hydrogen) atoms. The second-order valence-corrected chi connectivity index (χ2v) is 10.9. The first-order chi connectivity index (χ1) is 23.7. The molecule has 0 aliphatic heterocycles. The molecule has 0 fully saturated rings. The van der Waals surface area contributed by atoms with Crippen LogP contribution in [0.3, 0.4) is 0 Å². The number of carbonyl (C=O) groups is 5. The van der Waals surface area contributed by atoms with Crippen LogP contribution in [0.25, 0.3) is 6.08 Å². The molecule has 3 amide bonds. The number of hydrogen-bond acceptors (Lipinski definition) is 7. The van der Waals surface area contributed by atoms with Gasteiger partial charge in [-0.1, -0.05) is 26.7 Å². The van der Waals surface area contributed by atoms with Crippen molar-refractivity contribution >= 4 is 41.6 Å². The van der Waals surface area contributed by atoms with Crippen LogP contribution in [-0.2, 0) is 41.6 Å². The van der Waals surface area contributed by atoms with Gasteiger partial charge in [0.25, 0.3) is 0 Å². The van der Waals surface area contributed by atoms with Gasteiger partial charge >= 0.3 is 11.9 Å². The third-order valence-electron chi connectivity index (χ3n) is 6.66. The van der Waals surface area contributed by atoms with E-state index in [0.717, 1.165) is 30.3 Å². The van der Waals surface area contributed by atoms with Crippen LogP contribution in [0.15, 0.2) is 60.8 Å². The Balaban J connectivity index is 0.000000391. The number of pyridine rings is 1. The highest BCUT2D eigenvalue weighted by Gasteiger charge is 2.21. The van der Waals surface area contributed by atoms with Gasteiger partial charge in [0, 0.05) is 24.4 Å². The molecule has 0 bridgehead atoms. The topological polar surface area (TPSA) is 164 Å². The van der Waals surface area contributed by atoms with E-state index in [0.29, 0.717) is 37.3 Å². The van der Waals surface area contributed by atoms with Gasteiger partial charge in [-0.2, -0.15) is 0 Å². The van der Waals surface area contributed by atoms with Crippen molar-refractivity contribution in [2.24, 2.45) is 0 Å². The summed E-state index contributed by atoms with van der Waals surface area (Å²) in [6.45, 7) is 3.65. The van der Waals surface area contributed by atoms with Gasteiger partial charge in [-0.05, 0) is 72.0 Å². The second-order valence-electron chi connectivity index (χ2n) is 10.9. The number of halogens is 4. The van der Waals surface area contributed by atoms with Gasteiger partial charge in [-0.25, -0.2) is 32.1 Å². The summed E-state index contributed by atoms with van der Waals surface area (Å²) in [6, 6.07) is 7.03. The number of amides is 3. The molecule has 1 aromatic heterocycles. The van der Waals surface area contributed by atoms with Crippen LogP contribution in [0, 0.1) is 23.3 Å². The number of aromatic nitrogens is 1. The molecule has 0 radical (unpaired) electrons. The number of nitrogens with one attached hydrogen (secondary N) is 3. The molecule has 2 atom stereocenters. The molecule has 2 aromatic carbocycles. The molecular formula is C35H38F4N4O7. The van der Waals surface area contributed by atoms with Crippen LogP contribution in [0.4, 0.5) is 23.4 Å². The van der Waals surface area contributed by atoms with Crippen molar-refractivity contribution in [3.8, 4) is 0 Å². The zero-order valence-electron chi connectivity index (χ0n) is 27.6. The number of aliphatic carboxylic acids is 1. The largest absolute Gasteiger partial charge is 0.480 e. The monoisotopic (exact) mass is 702 g/mol. The minimum absolute atomic E-state index is 0.163. The van der Waals surface area contributed by atoms with Gasteiger partial charge in [0.05, 0.1) is 20.0 Å². The smallest absolute Gasteiger partial charge is 0.330 e. The molecule has 0 aliphatic carbocycles. The molecule has 268 valence electrons. The Bertz CT molecular complexity index is 1630. The van der Waals surface area contributed by atoms with E-state index in [1.54, 1.807) is 19.1 Å². The summed E-state index contributed by atoms with van der Waals surface area (Å²) >= 11 is 0. The predicted octanol–water partition coefficient (Wildman–Crippen LogP) is 4.89. The molecule has 2 unspecified atom stereocenters. The number of ether oxygens (including phenoxy) is 1. The van der Waals surface area contributed by atoms with E-state index in [9.17, 15) is 41.5 Å². The zero-order valence-corrected chi connectivity index (χ0v) is 27.6. The van der Waals surface area contributed by atoms with Gasteiger partial charge in [-0.15, -0.1) is 0 Å². The maximum Gasteiger partial charge on any atom is 0.330 e. The summed E-state index contributed by atoms with van der Waals surface area (Å²) < 4.78 is 56.9. The van der Waals surface area contributed by atoms with Crippen molar-refractivity contribution in [3.05, 3.63) is 101 Å². The highest BCUT2D eigenvalue weighted by atomic mass is 19.1. The molecule has 3 rings (SSSR count). The number of hydrogen-bond donors (Lipinski definition) is 4. The highest BCUT2D eigenvalue weighted by molar-refractivity contribution is 5.97. The first-order valence-electron chi connectivity index (χ1n) is 15.5. The summed E-state index contributed by atoms with van der Waals surface area (Å²) in [6.07, 6.45) is 5.59. The van der Waals surface area contributed by atoms with Crippen LogP contribution >= 0.6 is 0 Å². The Labute approximate surface area is 286 Å². The minimum Gasteiger partial charge on any atom is -0.480 e. The van der Waals surface area contributed by atoms with Crippen molar-refractivity contribution in [2.45, 2.75) is 64.5 Å². The van der Waals surface area contributed by atoms with Crippen LogP contribution in [0.2, 0.25) is 0 Å². The van der Waals surface area contributed by atoms with Crippen molar-refractivity contribution in [2.75, 3.05) is 12.4 Å². The average Bonchev–Trinajstić information content (AvgIpc) is 3.03. The molecule has 0 aliphatic rings. The molecule has 0 saturated heterocycles. The van der Waals surface area contributed by atoms with E-state index < -0.39 is 65.0 Å². The third kappa shape index (κ3) is 15.1. The lowest BCUT2D eigenvalue weighted by atomic mass is 10.1. The number of rotatable bonds is 15. The van der Waals surface area contributed by atoms with Crippen LogP contribution in [0.5, 0.6) is 0 Å². The lowest BCUT2D eigenvalue weighted by Crippen LogP contribution is -2.44. The number of benzene rings is 2. The van der Waals surface area contributed by atoms with Crippen LogP contribution in [0.1, 0.15) is 56.2 Å². The fourth-order valence-electron chi connectivity index (χ4n) is 4.41. The maximum absolute atomic E-state index is 13.3. The standard InChI is InChI=1S/C22H23F2N3O4.C13H15F2NO3/c1-3-4-18(26-20(28)11-15-9-16(23)12-17(24)10-15)22(30)27-19-7-5-14(13-25-19)6-8-21(29)31-2;1-2-3-11(13(18)19)16-12(17)6-8-4-9(14)7-10(15)5-8/h5-10,12-13,18H,3-4,11H2,1-2H3,(H,26,28)(H,25,27,30);4-5,7,11H,2-3,6H2,1H3,(H,16,17)(H,18,19). The van der Waals surface area contributed by atoms with E-state index >= 15 is 0 Å². The molecule has 0 spiro atoms. The number of methoxy groups -OCH3 is 1. The van der Waals surface area contributed by atoms with Gasteiger partial charge < -0.3 is 25.8 Å². The third-order valence-corrected chi connectivity index (χ3v) is 6.66. The lowest BCUT2D eigenvalue weighted by molar-refractivity contribution is -0.142. The quantitative estimate of drug-likeness (QED) is 0.0989. The first kappa shape index (κ1) is 40.6.